The normalized spacial score (nSPS) is 18.0. The van der Waals surface area contributed by atoms with Gasteiger partial charge in [-0.2, -0.15) is 0 Å². The molecule has 2 aliphatic rings. The van der Waals surface area contributed by atoms with Crippen molar-refractivity contribution < 1.29 is 28.9 Å². The summed E-state index contributed by atoms with van der Waals surface area (Å²) in [7, 11) is 0. The van der Waals surface area contributed by atoms with Crippen molar-refractivity contribution in [2.45, 2.75) is 96.1 Å². The van der Waals surface area contributed by atoms with Crippen LogP contribution in [-0.2, 0) is 20.6 Å². The predicted octanol–water partition coefficient (Wildman–Crippen LogP) is 8.77. The fourth-order valence-corrected chi connectivity index (χ4v) is 6.32. The van der Waals surface area contributed by atoms with Crippen LogP contribution in [0.15, 0.2) is 72.8 Å². The van der Waals surface area contributed by atoms with E-state index in [0.717, 1.165) is 72.8 Å². The van der Waals surface area contributed by atoms with Crippen molar-refractivity contribution in [2.75, 3.05) is 19.7 Å². The van der Waals surface area contributed by atoms with Crippen LogP contribution in [0.5, 0.6) is 0 Å². The molecular weight excluding hydrogens is 566 g/mol. The van der Waals surface area contributed by atoms with Gasteiger partial charge in [-0.15, -0.1) is 0 Å². The number of carbonyl (C=O) groups is 2. The highest BCUT2D eigenvalue weighted by Crippen LogP contribution is 2.38. The van der Waals surface area contributed by atoms with Gasteiger partial charge < -0.3 is 24.2 Å². The van der Waals surface area contributed by atoms with Crippen molar-refractivity contribution in [3.8, 4) is 11.1 Å². The van der Waals surface area contributed by atoms with Crippen LogP contribution in [0.4, 0.5) is 4.79 Å². The Morgan fingerprint density at radius 1 is 0.911 bits per heavy atom. The van der Waals surface area contributed by atoms with Crippen molar-refractivity contribution in [1.29, 1.82) is 0 Å². The Bertz CT molecular complexity index is 1400. The van der Waals surface area contributed by atoms with Gasteiger partial charge in [-0.05, 0) is 99.1 Å². The fourth-order valence-electron chi connectivity index (χ4n) is 6.32. The van der Waals surface area contributed by atoms with Gasteiger partial charge in [0.05, 0.1) is 12.1 Å². The largest absolute Gasteiger partial charge is 0.478 e. The monoisotopic (exact) mass is 613 g/mol. The lowest BCUT2D eigenvalue weighted by Gasteiger charge is -2.33. The smallest absolute Gasteiger partial charge is 0.410 e. The molecule has 1 saturated heterocycles. The summed E-state index contributed by atoms with van der Waals surface area (Å²) >= 11 is 0. The molecule has 3 aromatic carbocycles. The third-order valence-electron chi connectivity index (χ3n) is 8.70. The Morgan fingerprint density at radius 2 is 1.60 bits per heavy atom. The molecule has 1 heterocycles. The molecule has 1 saturated carbocycles. The number of carboxylic acid groups (broad SMARTS) is 1. The Balaban J connectivity index is 1.31. The second-order valence-electron chi connectivity index (χ2n) is 13.3. The van der Waals surface area contributed by atoms with Crippen LogP contribution < -0.4 is 0 Å². The van der Waals surface area contributed by atoms with Gasteiger partial charge in [0.15, 0.2) is 6.29 Å². The van der Waals surface area contributed by atoms with Crippen LogP contribution in [0.25, 0.3) is 11.1 Å². The van der Waals surface area contributed by atoms with Gasteiger partial charge in [-0.3, -0.25) is 0 Å². The zero-order valence-electron chi connectivity index (χ0n) is 26.9. The minimum absolute atomic E-state index is 0.296. The highest BCUT2D eigenvalue weighted by atomic mass is 16.7. The van der Waals surface area contributed by atoms with E-state index in [1.54, 1.807) is 11.0 Å². The van der Waals surface area contributed by atoms with Crippen LogP contribution >= 0.6 is 0 Å². The van der Waals surface area contributed by atoms with Gasteiger partial charge in [0.25, 0.3) is 0 Å². The van der Waals surface area contributed by atoms with Crippen LogP contribution in [0.2, 0.25) is 0 Å². The van der Waals surface area contributed by atoms with E-state index in [1.807, 2.05) is 57.2 Å². The molecular formula is C38H47NO6. The number of ether oxygens (including phenoxy) is 3. The topological polar surface area (TPSA) is 85.3 Å². The quantitative estimate of drug-likeness (QED) is 0.233. The maximum Gasteiger partial charge on any atom is 0.410 e. The number of hydrogen-bond acceptors (Lipinski definition) is 5. The number of hydrogen-bond donors (Lipinski definition) is 1. The molecule has 1 unspecified atom stereocenters. The molecule has 0 aromatic heterocycles. The average Bonchev–Trinajstić information content (AvgIpc) is 3.58. The molecule has 5 rings (SSSR count). The fraction of sp³-hybridized carbons (Fsp3) is 0.474. The maximum atomic E-state index is 13.5. The summed E-state index contributed by atoms with van der Waals surface area (Å²) in [4.78, 5) is 27.1. The van der Waals surface area contributed by atoms with E-state index in [1.165, 1.54) is 0 Å². The highest BCUT2D eigenvalue weighted by Gasteiger charge is 2.28. The van der Waals surface area contributed by atoms with Gasteiger partial charge in [0.1, 0.15) is 11.7 Å². The number of carboxylic acids is 1. The highest BCUT2D eigenvalue weighted by molar-refractivity contribution is 5.90. The van der Waals surface area contributed by atoms with E-state index in [-0.39, 0.29) is 18.5 Å². The third kappa shape index (κ3) is 9.18. The van der Waals surface area contributed by atoms with Crippen LogP contribution in [0.1, 0.15) is 105 Å². The summed E-state index contributed by atoms with van der Waals surface area (Å²) in [5.41, 5.74) is 4.90. The van der Waals surface area contributed by atoms with Gasteiger partial charge in [0.2, 0.25) is 0 Å². The Kier molecular flexibility index (Phi) is 11.0. The Hall–Kier alpha value is -3.68. The minimum Gasteiger partial charge on any atom is -0.478 e. The standard InChI is InChI=1S/C38H47NO6/c1-38(2,3)45-37(42)39(26-34(30-13-5-4-6-14-30)44-35-15-9-10-24-43-35)23-22-27-16-18-28(19-17-27)31-20-21-32(36(40)41)33(25-31)29-11-7-8-12-29/h4-6,13-14,16-21,25,29,34-35H,7-12,15,22-24,26H2,1-3H3,(H,40,41)/t34-,35?/m1/s1. The van der Waals surface area contributed by atoms with Crippen molar-refractivity contribution in [3.05, 3.63) is 95.1 Å². The number of nitrogens with zero attached hydrogens (tertiary/aromatic N) is 1. The zero-order valence-corrected chi connectivity index (χ0v) is 26.9. The number of aromatic carboxylic acids is 1. The number of benzene rings is 3. The molecule has 240 valence electrons. The van der Waals surface area contributed by atoms with E-state index in [4.69, 9.17) is 14.2 Å². The van der Waals surface area contributed by atoms with Gasteiger partial charge in [-0.25, -0.2) is 9.59 Å². The van der Waals surface area contributed by atoms with Crippen molar-refractivity contribution >= 4 is 12.1 Å². The molecule has 1 N–H and O–H groups in total. The third-order valence-corrected chi connectivity index (χ3v) is 8.70. The molecule has 1 amide bonds. The maximum absolute atomic E-state index is 13.5. The molecule has 45 heavy (non-hydrogen) atoms. The van der Waals surface area contributed by atoms with Crippen molar-refractivity contribution in [1.82, 2.24) is 4.90 Å². The molecule has 3 aromatic rings. The van der Waals surface area contributed by atoms with Crippen LogP contribution in [0, 0.1) is 0 Å². The summed E-state index contributed by atoms with van der Waals surface area (Å²) < 4.78 is 18.2. The minimum atomic E-state index is -0.862. The van der Waals surface area contributed by atoms with E-state index < -0.39 is 11.6 Å². The first-order chi connectivity index (χ1) is 21.7. The molecule has 2 fully saturated rings. The first kappa shape index (κ1) is 32.7. The lowest BCUT2D eigenvalue weighted by molar-refractivity contribution is -0.192. The van der Waals surface area contributed by atoms with Gasteiger partial charge in [0, 0.05) is 13.2 Å². The Morgan fingerprint density at radius 3 is 2.24 bits per heavy atom. The molecule has 1 aliphatic heterocycles. The SMILES string of the molecule is CC(C)(C)OC(=O)N(CCc1ccc(-c2ccc(C(=O)O)c(C3CCCC3)c2)cc1)C[C@@H](OC1CCCCO1)c1ccccc1. The predicted molar refractivity (Wildman–Crippen MR) is 175 cm³/mol. The first-order valence-electron chi connectivity index (χ1n) is 16.4. The summed E-state index contributed by atoms with van der Waals surface area (Å²) in [5, 5.41) is 9.78. The molecule has 7 heteroatoms. The zero-order chi connectivity index (χ0) is 31.8. The van der Waals surface area contributed by atoms with E-state index in [9.17, 15) is 14.7 Å². The lowest BCUT2D eigenvalue weighted by atomic mass is 9.89. The molecule has 1 aliphatic carbocycles. The van der Waals surface area contributed by atoms with E-state index in [2.05, 4.69) is 30.3 Å². The number of rotatable bonds is 11. The average molecular weight is 614 g/mol. The number of amides is 1. The van der Waals surface area contributed by atoms with Crippen molar-refractivity contribution in [3.63, 3.8) is 0 Å². The van der Waals surface area contributed by atoms with Crippen LogP contribution in [-0.4, -0.2) is 53.7 Å². The summed E-state index contributed by atoms with van der Waals surface area (Å²) in [6, 6.07) is 24.1. The van der Waals surface area contributed by atoms with Crippen LogP contribution in [0.3, 0.4) is 0 Å². The molecule has 0 spiro atoms. The Labute approximate surface area is 267 Å². The lowest BCUT2D eigenvalue weighted by Crippen LogP contribution is -2.41. The molecule has 0 bridgehead atoms. The second kappa shape index (κ2) is 15.1. The van der Waals surface area contributed by atoms with Gasteiger partial charge in [-0.1, -0.05) is 79.6 Å². The molecule has 2 atom stereocenters. The van der Waals surface area contributed by atoms with E-state index in [0.29, 0.717) is 37.6 Å². The van der Waals surface area contributed by atoms with Gasteiger partial charge >= 0.3 is 12.1 Å². The molecule has 0 radical (unpaired) electrons. The summed E-state index contributed by atoms with van der Waals surface area (Å²) in [5.74, 6) is -0.554. The van der Waals surface area contributed by atoms with Crippen molar-refractivity contribution in [2.24, 2.45) is 0 Å². The molecule has 7 nitrogen and oxygen atoms in total. The first-order valence-corrected chi connectivity index (χ1v) is 16.4. The second-order valence-corrected chi connectivity index (χ2v) is 13.3. The number of carbonyl (C=O) groups excluding carboxylic acids is 1. The summed E-state index contributed by atoms with van der Waals surface area (Å²) in [6.07, 6.45) is 6.94. The van der Waals surface area contributed by atoms with E-state index >= 15 is 0 Å². The summed E-state index contributed by atoms with van der Waals surface area (Å²) in [6.45, 7) is 7.13.